The summed E-state index contributed by atoms with van der Waals surface area (Å²) in [6.07, 6.45) is 1.17. The van der Waals surface area contributed by atoms with E-state index in [4.69, 9.17) is 9.84 Å². The lowest BCUT2D eigenvalue weighted by molar-refractivity contribution is -0.183. The first-order valence-electron chi connectivity index (χ1n) is 12.2. The van der Waals surface area contributed by atoms with Gasteiger partial charge < -0.3 is 25.2 Å². The van der Waals surface area contributed by atoms with Gasteiger partial charge in [0.2, 0.25) is 0 Å². The number of rotatable bonds is 3. The third kappa shape index (κ3) is 6.69. The third-order valence-corrected chi connectivity index (χ3v) is 8.08. The normalized spacial score (nSPS) is 41.2. The molecule has 2 fully saturated rings. The van der Waals surface area contributed by atoms with Gasteiger partial charge in [-0.05, 0) is 55.8 Å². The molecule has 31 heavy (non-hydrogen) atoms. The van der Waals surface area contributed by atoms with E-state index in [1.54, 1.807) is 6.92 Å². The summed E-state index contributed by atoms with van der Waals surface area (Å²) in [5, 5.41) is 39.7. The molecule has 0 spiro atoms. The quantitative estimate of drug-likeness (QED) is 0.503. The minimum absolute atomic E-state index is 0.0884. The molecule has 1 saturated carbocycles. The van der Waals surface area contributed by atoms with E-state index in [0.717, 1.165) is 26.4 Å². The van der Waals surface area contributed by atoms with E-state index in [1.807, 2.05) is 27.7 Å². The lowest BCUT2D eigenvalue weighted by Gasteiger charge is -2.52. The maximum atomic E-state index is 11.1. The van der Waals surface area contributed by atoms with Gasteiger partial charge in [-0.25, -0.2) is 0 Å². The number of aliphatic hydroxyl groups is 4. The molecule has 186 valence electrons. The number of hydrogen-bond donors (Lipinski definition) is 4. The van der Waals surface area contributed by atoms with Crippen molar-refractivity contribution in [1.82, 2.24) is 0 Å². The van der Waals surface area contributed by atoms with E-state index < -0.39 is 23.9 Å². The van der Waals surface area contributed by atoms with Gasteiger partial charge in [0, 0.05) is 18.9 Å². The van der Waals surface area contributed by atoms with Gasteiger partial charge >= 0.3 is 0 Å². The summed E-state index contributed by atoms with van der Waals surface area (Å²) in [5.41, 5.74) is -1.32. The van der Waals surface area contributed by atoms with Crippen LogP contribution in [0.2, 0.25) is 0 Å². The number of allylic oxidation sites excluding steroid dienone is 1. The summed E-state index contributed by atoms with van der Waals surface area (Å²) in [5.74, 6) is 1.84. The molecule has 1 aliphatic carbocycles. The Bertz CT molecular complexity index is 534. The maximum Gasteiger partial charge on any atom is 0.134 e. The van der Waals surface area contributed by atoms with Gasteiger partial charge in [-0.15, -0.1) is 0 Å². The van der Waals surface area contributed by atoms with Crippen LogP contribution >= 0.6 is 0 Å². The van der Waals surface area contributed by atoms with Crippen LogP contribution in [-0.4, -0.2) is 51.4 Å². The van der Waals surface area contributed by atoms with Crippen LogP contribution in [0, 0.1) is 35.0 Å². The van der Waals surface area contributed by atoms with Crippen LogP contribution in [0.1, 0.15) is 88.0 Å². The Labute approximate surface area is 191 Å². The van der Waals surface area contributed by atoms with Gasteiger partial charge in [0.05, 0.1) is 18.0 Å². The van der Waals surface area contributed by atoms with Gasteiger partial charge in [-0.2, -0.15) is 0 Å². The fourth-order valence-electron chi connectivity index (χ4n) is 5.86. The van der Waals surface area contributed by atoms with Crippen LogP contribution in [0.5, 0.6) is 0 Å². The van der Waals surface area contributed by atoms with Gasteiger partial charge in [0.1, 0.15) is 11.7 Å². The summed E-state index contributed by atoms with van der Waals surface area (Å²) >= 11 is 0. The lowest BCUT2D eigenvalue weighted by Crippen LogP contribution is -2.57. The van der Waals surface area contributed by atoms with Crippen LogP contribution in [0.3, 0.4) is 0 Å². The molecule has 0 aromatic carbocycles. The smallest absolute Gasteiger partial charge is 0.134 e. The van der Waals surface area contributed by atoms with Crippen molar-refractivity contribution < 1.29 is 25.2 Å². The second-order valence-electron chi connectivity index (χ2n) is 10.2. The van der Waals surface area contributed by atoms with Crippen LogP contribution in [0.15, 0.2) is 12.3 Å². The molecule has 5 nitrogen and oxygen atoms in total. The fraction of sp³-hybridized carbons (Fsp3) is 0.923. The molecule has 5 unspecified atom stereocenters. The minimum Gasteiger partial charge on any atom is -0.492 e. The second-order valence-corrected chi connectivity index (χ2v) is 10.2. The maximum absolute atomic E-state index is 11.1. The zero-order valence-electron chi connectivity index (χ0n) is 21.9. The first kappa shape index (κ1) is 30.4. The Balaban J connectivity index is 0.00000212. The van der Waals surface area contributed by atoms with Crippen LogP contribution < -0.4 is 0 Å². The van der Waals surface area contributed by atoms with Crippen LogP contribution in [-0.2, 0) is 4.74 Å². The van der Waals surface area contributed by atoms with Crippen molar-refractivity contribution in [3.8, 4) is 0 Å². The second kappa shape index (κ2) is 12.6. The van der Waals surface area contributed by atoms with Crippen LogP contribution in [0.25, 0.3) is 0 Å². The van der Waals surface area contributed by atoms with Crippen molar-refractivity contribution in [1.29, 1.82) is 0 Å². The number of aliphatic hydroxyl groups excluding tert-OH is 3. The van der Waals surface area contributed by atoms with Crippen molar-refractivity contribution in [2.75, 3.05) is 7.11 Å². The number of fused-ring (bicyclic) bond motifs is 2. The van der Waals surface area contributed by atoms with Gasteiger partial charge in [0.25, 0.3) is 0 Å². The van der Waals surface area contributed by atoms with E-state index >= 15 is 0 Å². The molecular formula is C26H52O5. The zero-order valence-corrected chi connectivity index (χ0v) is 21.9. The number of ether oxygens (including phenoxy) is 1. The summed E-state index contributed by atoms with van der Waals surface area (Å²) in [7, 11) is 1.00. The summed E-state index contributed by atoms with van der Waals surface area (Å²) in [6, 6.07) is 0. The molecule has 0 aromatic heterocycles. The first-order valence-corrected chi connectivity index (χ1v) is 12.2. The highest BCUT2D eigenvalue weighted by atomic mass is 16.5. The molecule has 5 heteroatoms. The Morgan fingerprint density at radius 2 is 1.65 bits per heavy atom. The Morgan fingerprint density at radius 3 is 2.13 bits per heavy atom. The average molecular weight is 445 g/mol. The zero-order chi connectivity index (χ0) is 24.7. The van der Waals surface area contributed by atoms with E-state index in [0.29, 0.717) is 24.0 Å². The van der Waals surface area contributed by atoms with Crippen molar-refractivity contribution in [2.24, 2.45) is 35.0 Å². The summed E-state index contributed by atoms with van der Waals surface area (Å²) < 4.78 is 6.30. The SMILES string of the molecule is C=C1OC([C@](C)(O)[C@H](O)CC)[C@@H](C)C(O)C(C)C[C@]2(C)C[C@@H]1CC(C)C2C.CC.CO. The first-order chi connectivity index (χ1) is 14.3. The molecule has 0 radical (unpaired) electrons. The van der Waals surface area contributed by atoms with E-state index in [1.165, 1.54) is 0 Å². The van der Waals surface area contributed by atoms with Crippen molar-refractivity contribution >= 4 is 0 Å². The molecule has 1 aliphatic heterocycles. The molecule has 2 rings (SSSR count). The topological polar surface area (TPSA) is 90.2 Å². The average Bonchev–Trinajstić information content (AvgIpc) is 2.75. The highest BCUT2D eigenvalue weighted by molar-refractivity contribution is 5.06. The highest BCUT2D eigenvalue weighted by Gasteiger charge is 2.50. The fourth-order valence-corrected chi connectivity index (χ4v) is 5.86. The van der Waals surface area contributed by atoms with Crippen molar-refractivity contribution in [3.63, 3.8) is 0 Å². The Hall–Kier alpha value is -0.620. The predicted molar refractivity (Wildman–Crippen MR) is 129 cm³/mol. The van der Waals surface area contributed by atoms with Crippen molar-refractivity contribution in [2.45, 2.75) is 112 Å². The Kier molecular flexibility index (Phi) is 12.3. The molecule has 4 N–H and O–H groups in total. The van der Waals surface area contributed by atoms with Gasteiger partial charge in [-0.3, -0.25) is 0 Å². The molecule has 0 aromatic rings. The van der Waals surface area contributed by atoms with Crippen molar-refractivity contribution in [3.05, 3.63) is 12.3 Å². The highest BCUT2D eigenvalue weighted by Crippen LogP contribution is 2.53. The molecule has 1 heterocycles. The molecule has 1 saturated heterocycles. The number of hydrogen-bond acceptors (Lipinski definition) is 5. The largest absolute Gasteiger partial charge is 0.492 e. The molecule has 0 amide bonds. The summed E-state index contributed by atoms with van der Waals surface area (Å²) in [4.78, 5) is 0. The van der Waals surface area contributed by atoms with Gasteiger partial charge in [-0.1, -0.05) is 62.0 Å². The standard InChI is InChI=1S/C23H42O4.C2H6.CH4O/c1-9-19(24)23(8,26)21-15(4)20(25)14(3)11-22(7)12-18(17(6)27-21)10-13(2)16(22)5;2*1-2/h13-16,18-21,24-26H,6,9-12H2,1-5,7-8H3;1-2H3;2H,1H3/t13?,14?,15-,16?,18-,19+,20?,21?,22+,23+;;/m0../s1. The molecule has 2 bridgehead atoms. The monoisotopic (exact) mass is 444 g/mol. The minimum atomic E-state index is -1.45. The van der Waals surface area contributed by atoms with E-state index in [-0.39, 0.29) is 23.2 Å². The third-order valence-electron chi connectivity index (χ3n) is 8.08. The van der Waals surface area contributed by atoms with E-state index in [9.17, 15) is 15.3 Å². The predicted octanol–water partition coefficient (Wildman–Crippen LogP) is 4.77. The summed E-state index contributed by atoms with van der Waals surface area (Å²) in [6.45, 7) is 22.7. The molecule has 10 atom stereocenters. The van der Waals surface area contributed by atoms with Gasteiger partial charge in [0.15, 0.2) is 0 Å². The Morgan fingerprint density at radius 1 is 1.13 bits per heavy atom. The van der Waals surface area contributed by atoms with E-state index in [2.05, 4.69) is 34.3 Å². The van der Waals surface area contributed by atoms with Crippen LogP contribution in [0.4, 0.5) is 0 Å². The lowest BCUT2D eigenvalue weighted by atomic mass is 9.56. The molecular weight excluding hydrogens is 392 g/mol. The molecule has 2 aliphatic rings.